The number of carbonyl (C=O) groups excluding carboxylic acids is 2. The van der Waals surface area contributed by atoms with E-state index in [1.807, 2.05) is 0 Å². The van der Waals surface area contributed by atoms with Crippen LogP contribution in [0.2, 0.25) is 0 Å². The van der Waals surface area contributed by atoms with E-state index in [9.17, 15) is 9.59 Å². The van der Waals surface area contributed by atoms with E-state index in [-0.39, 0.29) is 17.8 Å². The Bertz CT molecular complexity index is 429. The first-order valence-electron chi connectivity index (χ1n) is 4.86. The van der Waals surface area contributed by atoms with Crippen molar-refractivity contribution in [2.75, 3.05) is 13.2 Å². The van der Waals surface area contributed by atoms with E-state index in [4.69, 9.17) is 15.9 Å². The average molecular weight is 242 g/mol. The van der Waals surface area contributed by atoms with Crippen LogP contribution in [-0.4, -0.2) is 51.1 Å². The van der Waals surface area contributed by atoms with Gasteiger partial charge in [0, 0.05) is 19.8 Å². The first-order chi connectivity index (χ1) is 7.95. The van der Waals surface area contributed by atoms with Gasteiger partial charge in [-0.25, -0.2) is 0 Å². The molecule has 0 fully saturated rings. The van der Waals surface area contributed by atoms with E-state index < -0.39 is 24.5 Å². The number of primary amides is 1. The predicted molar refractivity (Wildman–Crippen MR) is 57.2 cm³/mol. The fourth-order valence-corrected chi connectivity index (χ4v) is 1.20. The molecule has 1 aromatic rings. The number of nitrogens with zero attached hydrogens (tertiary/aromatic N) is 2. The first-order valence-corrected chi connectivity index (χ1v) is 4.86. The smallest absolute Gasteiger partial charge is 0.272 e. The van der Waals surface area contributed by atoms with Crippen molar-refractivity contribution >= 4 is 11.8 Å². The standard InChI is InChI=1S/C9H14N4O4/c1-13-3-6(8(10)16)7(12-13)9(17)11-2-5(15)4-14/h3,5,14-15H,2,4H2,1H3,(H2,10,16)(H,11,17). The highest BCUT2D eigenvalue weighted by atomic mass is 16.3. The lowest BCUT2D eigenvalue weighted by atomic mass is 10.2. The van der Waals surface area contributed by atoms with Gasteiger partial charge in [0.05, 0.1) is 18.3 Å². The Balaban J connectivity index is 2.78. The maximum Gasteiger partial charge on any atom is 0.272 e. The Hall–Kier alpha value is -1.93. The summed E-state index contributed by atoms with van der Waals surface area (Å²) in [5, 5.41) is 23.7. The number of carbonyl (C=O) groups is 2. The Kier molecular flexibility index (Phi) is 4.18. The molecule has 0 bridgehead atoms. The quantitative estimate of drug-likeness (QED) is 0.457. The van der Waals surface area contributed by atoms with Crippen LogP contribution in [0.15, 0.2) is 6.20 Å². The third-order valence-corrected chi connectivity index (χ3v) is 2.02. The van der Waals surface area contributed by atoms with Gasteiger partial charge in [-0.2, -0.15) is 5.10 Å². The Morgan fingerprint density at radius 2 is 2.29 bits per heavy atom. The lowest BCUT2D eigenvalue weighted by Crippen LogP contribution is -2.35. The second kappa shape index (κ2) is 5.41. The monoisotopic (exact) mass is 242 g/mol. The SMILES string of the molecule is Cn1cc(C(N)=O)c(C(=O)NCC(O)CO)n1. The van der Waals surface area contributed by atoms with Crippen LogP contribution in [0.5, 0.6) is 0 Å². The van der Waals surface area contributed by atoms with Gasteiger partial charge in [0.1, 0.15) is 0 Å². The molecule has 0 aliphatic rings. The van der Waals surface area contributed by atoms with Crippen LogP contribution < -0.4 is 11.1 Å². The molecule has 1 rings (SSSR count). The van der Waals surface area contributed by atoms with Crippen LogP contribution in [-0.2, 0) is 7.05 Å². The maximum atomic E-state index is 11.6. The number of aliphatic hydroxyl groups is 2. The summed E-state index contributed by atoms with van der Waals surface area (Å²) in [4.78, 5) is 22.6. The topological polar surface area (TPSA) is 130 Å². The minimum absolute atomic E-state index is 0.00323. The Labute approximate surface area is 97.0 Å². The number of rotatable bonds is 5. The van der Waals surface area contributed by atoms with Crippen LogP contribution >= 0.6 is 0 Å². The highest BCUT2D eigenvalue weighted by Gasteiger charge is 2.19. The van der Waals surface area contributed by atoms with E-state index >= 15 is 0 Å². The molecule has 0 radical (unpaired) electrons. The Morgan fingerprint density at radius 1 is 1.65 bits per heavy atom. The van der Waals surface area contributed by atoms with Crippen molar-refractivity contribution in [2.45, 2.75) is 6.10 Å². The lowest BCUT2D eigenvalue weighted by Gasteiger charge is -2.07. The molecule has 1 heterocycles. The summed E-state index contributed by atoms with van der Waals surface area (Å²) in [5.74, 6) is -1.39. The highest BCUT2D eigenvalue weighted by Crippen LogP contribution is 2.05. The van der Waals surface area contributed by atoms with E-state index in [2.05, 4.69) is 10.4 Å². The minimum atomic E-state index is -1.06. The molecule has 8 heteroatoms. The molecule has 5 N–H and O–H groups in total. The van der Waals surface area contributed by atoms with Gasteiger partial charge < -0.3 is 21.3 Å². The van der Waals surface area contributed by atoms with Crippen molar-refractivity contribution in [1.82, 2.24) is 15.1 Å². The van der Waals surface area contributed by atoms with Gasteiger partial charge in [-0.3, -0.25) is 14.3 Å². The summed E-state index contributed by atoms with van der Waals surface area (Å²) in [6, 6.07) is 0. The molecule has 1 unspecified atom stereocenters. The molecule has 0 aromatic carbocycles. The predicted octanol–water partition coefficient (Wildman–Crippen LogP) is -2.40. The van der Waals surface area contributed by atoms with Crippen LogP contribution in [0.25, 0.3) is 0 Å². The molecule has 0 aliphatic carbocycles. The van der Waals surface area contributed by atoms with Crippen molar-refractivity contribution in [3.05, 3.63) is 17.5 Å². The maximum absolute atomic E-state index is 11.6. The molecule has 2 amide bonds. The number of amides is 2. The van der Waals surface area contributed by atoms with Gasteiger partial charge in [-0.15, -0.1) is 0 Å². The lowest BCUT2D eigenvalue weighted by molar-refractivity contribution is 0.0795. The number of aromatic nitrogens is 2. The van der Waals surface area contributed by atoms with Crippen LogP contribution in [0.4, 0.5) is 0 Å². The van der Waals surface area contributed by atoms with Crippen LogP contribution in [0.1, 0.15) is 20.8 Å². The molecule has 17 heavy (non-hydrogen) atoms. The van der Waals surface area contributed by atoms with E-state index in [0.717, 1.165) is 0 Å². The van der Waals surface area contributed by atoms with Crippen molar-refractivity contribution in [3.8, 4) is 0 Å². The summed E-state index contributed by atoms with van der Waals surface area (Å²) < 4.78 is 1.29. The van der Waals surface area contributed by atoms with Crippen LogP contribution in [0, 0.1) is 0 Å². The van der Waals surface area contributed by atoms with Gasteiger partial charge in [0.25, 0.3) is 11.8 Å². The largest absolute Gasteiger partial charge is 0.394 e. The van der Waals surface area contributed by atoms with Gasteiger partial charge in [0.2, 0.25) is 0 Å². The summed E-state index contributed by atoms with van der Waals surface area (Å²) in [7, 11) is 1.55. The molecule has 8 nitrogen and oxygen atoms in total. The van der Waals surface area contributed by atoms with E-state index in [1.165, 1.54) is 10.9 Å². The summed E-state index contributed by atoms with van der Waals surface area (Å²) >= 11 is 0. The van der Waals surface area contributed by atoms with Gasteiger partial charge in [0.15, 0.2) is 5.69 Å². The molecule has 0 spiro atoms. The molecule has 1 aromatic heterocycles. The highest BCUT2D eigenvalue weighted by molar-refractivity contribution is 6.05. The zero-order valence-electron chi connectivity index (χ0n) is 9.25. The van der Waals surface area contributed by atoms with Gasteiger partial charge in [-0.1, -0.05) is 0 Å². The third kappa shape index (κ3) is 3.26. The number of hydrogen-bond acceptors (Lipinski definition) is 5. The fourth-order valence-electron chi connectivity index (χ4n) is 1.20. The molecule has 0 saturated carbocycles. The average Bonchev–Trinajstić information content (AvgIpc) is 2.67. The second-order valence-electron chi connectivity index (χ2n) is 3.48. The number of hydrogen-bond donors (Lipinski definition) is 4. The van der Waals surface area contributed by atoms with Crippen molar-refractivity contribution < 1.29 is 19.8 Å². The number of nitrogens with two attached hydrogens (primary N) is 1. The second-order valence-corrected chi connectivity index (χ2v) is 3.48. The first kappa shape index (κ1) is 13.1. The number of nitrogens with one attached hydrogen (secondary N) is 1. The Morgan fingerprint density at radius 3 is 2.82 bits per heavy atom. The molecular weight excluding hydrogens is 228 g/mol. The normalized spacial score (nSPS) is 12.2. The van der Waals surface area contributed by atoms with Crippen molar-refractivity contribution in [1.29, 1.82) is 0 Å². The number of aryl methyl sites for hydroxylation is 1. The molecule has 0 aliphatic heterocycles. The molecule has 94 valence electrons. The summed E-state index contributed by atoms with van der Waals surface area (Å²) in [5.41, 5.74) is 4.98. The number of aliphatic hydroxyl groups excluding tert-OH is 2. The fraction of sp³-hybridized carbons (Fsp3) is 0.444. The van der Waals surface area contributed by atoms with Crippen molar-refractivity contribution in [3.63, 3.8) is 0 Å². The zero-order chi connectivity index (χ0) is 13.0. The molecule has 0 saturated heterocycles. The summed E-state index contributed by atoms with van der Waals surface area (Å²) in [6.07, 6.45) is 0.277. The third-order valence-electron chi connectivity index (χ3n) is 2.02. The van der Waals surface area contributed by atoms with Gasteiger partial charge >= 0.3 is 0 Å². The zero-order valence-corrected chi connectivity index (χ0v) is 9.25. The van der Waals surface area contributed by atoms with Crippen molar-refractivity contribution in [2.24, 2.45) is 12.8 Å². The van der Waals surface area contributed by atoms with E-state index in [0.29, 0.717) is 0 Å². The van der Waals surface area contributed by atoms with Crippen LogP contribution in [0.3, 0.4) is 0 Å². The molecule has 1 atom stereocenters. The minimum Gasteiger partial charge on any atom is -0.394 e. The molecular formula is C9H14N4O4. The van der Waals surface area contributed by atoms with Gasteiger partial charge in [-0.05, 0) is 0 Å². The van der Waals surface area contributed by atoms with E-state index in [1.54, 1.807) is 7.05 Å². The summed E-state index contributed by atoms with van der Waals surface area (Å²) in [6.45, 7) is -0.602.